The van der Waals surface area contributed by atoms with Crippen molar-refractivity contribution in [3.8, 4) is 0 Å². The van der Waals surface area contributed by atoms with Crippen molar-refractivity contribution in [1.29, 1.82) is 0 Å². The minimum absolute atomic E-state index is 0.697. The Labute approximate surface area is 106 Å². The molecule has 2 aliphatic rings. The van der Waals surface area contributed by atoms with Gasteiger partial charge < -0.3 is 5.32 Å². The maximum absolute atomic E-state index is 3.62. The normalized spacial score (nSPS) is 27.4. The minimum Gasteiger partial charge on any atom is -0.305 e. The zero-order valence-corrected chi connectivity index (χ0v) is 11.2. The van der Waals surface area contributed by atoms with Gasteiger partial charge in [-0.05, 0) is 39.0 Å². The zero-order chi connectivity index (χ0) is 11.9. The Bertz CT molecular complexity index is 275. The molecule has 0 radical (unpaired) electrons. The maximum Gasteiger partial charge on any atom is 0.152 e. The highest BCUT2D eigenvalue weighted by molar-refractivity contribution is 5.52. The lowest BCUT2D eigenvalue weighted by atomic mass is 9.96. The molecule has 0 aromatic rings. The fourth-order valence-electron chi connectivity index (χ4n) is 2.87. The summed E-state index contributed by atoms with van der Waals surface area (Å²) in [6.07, 6.45) is 15.4. The van der Waals surface area contributed by atoms with Crippen molar-refractivity contribution in [2.75, 3.05) is 6.54 Å². The van der Waals surface area contributed by atoms with Crippen LogP contribution in [0.2, 0.25) is 0 Å². The summed E-state index contributed by atoms with van der Waals surface area (Å²) >= 11 is 0. The molecule has 0 heterocycles. The summed E-state index contributed by atoms with van der Waals surface area (Å²) in [5.41, 5.74) is 1.56. The van der Waals surface area contributed by atoms with Crippen LogP contribution in [0.3, 0.4) is 0 Å². The molecule has 0 spiro atoms. The van der Waals surface area contributed by atoms with Crippen LogP contribution in [0.25, 0.3) is 0 Å². The Morgan fingerprint density at radius 2 is 2.12 bits per heavy atom. The average Bonchev–Trinajstić information content (AvgIpc) is 2.38. The molecular formula is C15H27N2+. The maximum atomic E-state index is 3.62. The molecule has 2 nitrogen and oxygen atoms in total. The zero-order valence-electron chi connectivity index (χ0n) is 11.2. The van der Waals surface area contributed by atoms with E-state index in [0.717, 1.165) is 12.6 Å². The molecule has 2 rings (SSSR count). The van der Waals surface area contributed by atoms with Crippen LogP contribution in [0.1, 0.15) is 58.3 Å². The Morgan fingerprint density at radius 1 is 1.29 bits per heavy atom. The van der Waals surface area contributed by atoms with Gasteiger partial charge in [-0.25, -0.2) is 4.99 Å². The molecule has 0 saturated heterocycles. The lowest BCUT2D eigenvalue weighted by Gasteiger charge is -2.20. The van der Waals surface area contributed by atoms with Crippen molar-refractivity contribution in [2.24, 2.45) is 0 Å². The molecule has 2 N–H and O–H groups in total. The van der Waals surface area contributed by atoms with Crippen LogP contribution in [0.4, 0.5) is 0 Å². The molecule has 0 amide bonds. The first kappa shape index (κ1) is 12.8. The smallest absolute Gasteiger partial charge is 0.152 e. The SMILES string of the molecule is CC1=CCC(NCC=[NH+]C2CCCCC2)CC1. The predicted molar refractivity (Wildman–Crippen MR) is 73.3 cm³/mol. The second kappa shape index (κ2) is 6.95. The molecule has 2 aliphatic carbocycles. The molecular weight excluding hydrogens is 208 g/mol. The van der Waals surface area contributed by atoms with Crippen molar-refractivity contribution in [3.05, 3.63) is 11.6 Å². The molecule has 0 bridgehead atoms. The fraction of sp³-hybridized carbons (Fsp3) is 0.800. The Kier molecular flexibility index (Phi) is 5.24. The van der Waals surface area contributed by atoms with Gasteiger partial charge in [0.2, 0.25) is 0 Å². The monoisotopic (exact) mass is 235 g/mol. The largest absolute Gasteiger partial charge is 0.305 e. The highest BCUT2D eigenvalue weighted by Gasteiger charge is 2.15. The van der Waals surface area contributed by atoms with Crippen LogP contribution in [0.15, 0.2) is 11.6 Å². The van der Waals surface area contributed by atoms with Gasteiger partial charge in [0.1, 0.15) is 6.04 Å². The van der Waals surface area contributed by atoms with Gasteiger partial charge in [-0.3, -0.25) is 0 Å². The molecule has 0 aromatic heterocycles. The van der Waals surface area contributed by atoms with Crippen molar-refractivity contribution in [3.63, 3.8) is 0 Å². The lowest BCUT2D eigenvalue weighted by Crippen LogP contribution is -2.77. The number of hydrogen-bond donors (Lipinski definition) is 2. The van der Waals surface area contributed by atoms with Crippen LogP contribution in [-0.2, 0) is 0 Å². The van der Waals surface area contributed by atoms with E-state index in [1.165, 1.54) is 51.4 Å². The van der Waals surface area contributed by atoms with Gasteiger partial charge in [-0.15, -0.1) is 0 Å². The Morgan fingerprint density at radius 3 is 2.82 bits per heavy atom. The number of hydrogen-bond acceptors (Lipinski definition) is 1. The van der Waals surface area contributed by atoms with Crippen LogP contribution in [0.5, 0.6) is 0 Å². The van der Waals surface area contributed by atoms with Gasteiger partial charge in [0.05, 0.1) is 6.54 Å². The van der Waals surface area contributed by atoms with E-state index in [-0.39, 0.29) is 0 Å². The second-order valence-corrected chi connectivity index (χ2v) is 5.64. The third-order valence-corrected chi connectivity index (χ3v) is 4.11. The van der Waals surface area contributed by atoms with E-state index < -0.39 is 0 Å². The van der Waals surface area contributed by atoms with Crippen LogP contribution in [-0.4, -0.2) is 24.8 Å². The van der Waals surface area contributed by atoms with Crippen LogP contribution < -0.4 is 10.3 Å². The molecule has 1 unspecified atom stereocenters. The van der Waals surface area contributed by atoms with E-state index in [1.807, 2.05) is 0 Å². The van der Waals surface area contributed by atoms with Crippen molar-refractivity contribution < 1.29 is 4.99 Å². The summed E-state index contributed by atoms with van der Waals surface area (Å²) in [4.78, 5) is 3.57. The molecule has 1 fully saturated rings. The minimum atomic E-state index is 0.697. The first-order valence-corrected chi connectivity index (χ1v) is 7.31. The summed E-state index contributed by atoms with van der Waals surface area (Å²) in [7, 11) is 0. The van der Waals surface area contributed by atoms with Crippen molar-refractivity contribution >= 4 is 6.21 Å². The van der Waals surface area contributed by atoms with Gasteiger partial charge in [0.15, 0.2) is 6.21 Å². The number of allylic oxidation sites excluding steroid dienone is 1. The van der Waals surface area contributed by atoms with E-state index >= 15 is 0 Å². The molecule has 0 aliphatic heterocycles. The number of rotatable bonds is 4. The first-order chi connectivity index (χ1) is 8.34. The summed E-state index contributed by atoms with van der Waals surface area (Å²) in [5.74, 6) is 0. The van der Waals surface area contributed by atoms with E-state index in [2.05, 4.69) is 29.5 Å². The Balaban J connectivity index is 1.60. The third kappa shape index (κ3) is 4.63. The van der Waals surface area contributed by atoms with Gasteiger partial charge in [-0.2, -0.15) is 0 Å². The molecule has 1 saturated carbocycles. The number of nitrogens with one attached hydrogen (secondary N) is 2. The summed E-state index contributed by atoms with van der Waals surface area (Å²) in [5, 5.41) is 3.62. The van der Waals surface area contributed by atoms with Gasteiger partial charge >= 0.3 is 0 Å². The highest BCUT2D eigenvalue weighted by Crippen LogP contribution is 2.16. The van der Waals surface area contributed by atoms with E-state index in [1.54, 1.807) is 5.57 Å². The van der Waals surface area contributed by atoms with Crippen molar-refractivity contribution in [2.45, 2.75) is 70.4 Å². The van der Waals surface area contributed by atoms with Crippen LogP contribution in [0, 0.1) is 0 Å². The second-order valence-electron chi connectivity index (χ2n) is 5.64. The molecule has 2 heteroatoms. The molecule has 17 heavy (non-hydrogen) atoms. The van der Waals surface area contributed by atoms with Gasteiger partial charge in [0, 0.05) is 18.9 Å². The van der Waals surface area contributed by atoms with Crippen LogP contribution >= 0.6 is 0 Å². The molecule has 96 valence electrons. The lowest BCUT2D eigenvalue weighted by molar-refractivity contribution is -0.503. The summed E-state index contributed by atoms with van der Waals surface area (Å²) in [6.45, 7) is 3.25. The Hall–Kier alpha value is -0.630. The standard InChI is InChI=1S/C15H26N2/c1-13-7-9-15(10-8-13)17-12-11-16-14-5-3-2-4-6-14/h7,11,14-15,17H,2-6,8-10,12H2,1H3/p+1. The highest BCUT2D eigenvalue weighted by atomic mass is 14.9. The third-order valence-electron chi connectivity index (χ3n) is 4.11. The summed E-state index contributed by atoms with van der Waals surface area (Å²) < 4.78 is 0. The predicted octanol–water partition coefficient (Wildman–Crippen LogP) is 1.56. The van der Waals surface area contributed by atoms with E-state index in [4.69, 9.17) is 0 Å². The molecule has 0 aromatic carbocycles. The topological polar surface area (TPSA) is 26.0 Å². The average molecular weight is 235 g/mol. The quantitative estimate of drug-likeness (QED) is 0.561. The molecule has 1 atom stereocenters. The van der Waals surface area contributed by atoms with E-state index in [0.29, 0.717) is 6.04 Å². The fourth-order valence-corrected chi connectivity index (χ4v) is 2.87. The van der Waals surface area contributed by atoms with E-state index in [9.17, 15) is 0 Å². The van der Waals surface area contributed by atoms with Gasteiger partial charge in [0.25, 0.3) is 0 Å². The van der Waals surface area contributed by atoms with Crippen molar-refractivity contribution in [1.82, 2.24) is 5.32 Å². The van der Waals surface area contributed by atoms with Gasteiger partial charge in [-0.1, -0.05) is 18.1 Å². The summed E-state index contributed by atoms with van der Waals surface area (Å²) in [6, 6.07) is 1.45. The first-order valence-electron chi connectivity index (χ1n) is 7.31.